The van der Waals surface area contributed by atoms with Crippen molar-refractivity contribution in [3.63, 3.8) is 0 Å². The van der Waals surface area contributed by atoms with Gasteiger partial charge in [-0.1, -0.05) is 29.8 Å². The molecule has 1 atom stereocenters. The molecule has 0 heterocycles. The van der Waals surface area contributed by atoms with E-state index in [0.717, 1.165) is 0 Å². The topological polar surface area (TPSA) is 64.6 Å². The van der Waals surface area contributed by atoms with Crippen LogP contribution in [0, 0.1) is 0 Å². The molecule has 0 radical (unpaired) electrons. The van der Waals surface area contributed by atoms with Gasteiger partial charge in [0.05, 0.1) is 18.4 Å². The van der Waals surface area contributed by atoms with Gasteiger partial charge in [-0.2, -0.15) is 0 Å². The first-order chi connectivity index (χ1) is 11.0. The number of halogens is 1. The van der Waals surface area contributed by atoms with Crippen molar-refractivity contribution in [3.05, 3.63) is 59.1 Å². The molecule has 0 bridgehead atoms. The van der Waals surface area contributed by atoms with Crippen LogP contribution >= 0.6 is 11.6 Å². The van der Waals surface area contributed by atoms with Crippen molar-refractivity contribution in [2.45, 2.75) is 13.0 Å². The van der Waals surface area contributed by atoms with Gasteiger partial charge in [0.25, 0.3) is 5.91 Å². The Morgan fingerprint density at radius 1 is 1.13 bits per heavy atom. The maximum Gasteiger partial charge on any atom is 0.339 e. The summed E-state index contributed by atoms with van der Waals surface area (Å²) in [6.45, 7) is 1.61. The molecule has 23 heavy (non-hydrogen) atoms. The number of anilines is 1. The number of hydrogen-bond donors (Lipinski definition) is 1. The first-order valence-corrected chi connectivity index (χ1v) is 7.29. The third-order valence-corrected chi connectivity index (χ3v) is 3.30. The Morgan fingerprint density at radius 3 is 2.57 bits per heavy atom. The minimum atomic E-state index is -0.765. The first-order valence-electron chi connectivity index (χ1n) is 6.91. The standard InChI is InChI=1S/C17H16ClNO4/c1-11(23-13-7-5-6-12(18)10-13)16(20)19-15-9-4-3-8-14(15)17(21)22-2/h3-11H,1-2H3,(H,19,20)/t11-/m0/s1. The SMILES string of the molecule is COC(=O)c1ccccc1NC(=O)[C@H](C)Oc1cccc(Cl)c1. The molecule has 1 N–H and O–H groups in total. The number of nitrogens with one attached hydrogen (secondary N) is 1. The number of esters is 1. The van der Waals surface area contributed by atoms with Gasteiger partial charge < -0.3 is 14.8 Å². The largest absolute Gasteiger partial charge is 0.481 e. The van der Waals surface area contributed by atoms with Crippen LogP contribution in [0.3, 0.4) is 0 Å². The molecule has 2 rings (SSSR count). The third-order valence-electron chi connectivity index (χ3n) is 3.07. The molecule has 0 saturated heterocycles. The van der Waals surface area contributed by atoms with Crippen molar-refractivity contribution in [2.75, 3.05) is 12.4 Å². The van der Waals surface area contributed by atoms with Gasteiger partial charge in [-0.05, 0) is 37.3 Å². The van der Waals surface area contributed by atoms with Crippen LogP contribution in [-0.2, 0) is 9.53 Å². The summed E-state index contributed by atoms with van der Waals surface area (Å²) in [4.78, 5) is 23.9. The van der Waals surface area contributed by atoms with Gasteiger partial charge >= 0.3 is 5.97 Å². The van der Waals surface area contributed by atoms with Gasteiger partial charge in [0, 0.05) is 5.02 Å². The highest BCUT2D eigenvalue weighted by Crippen LogP contribution is 2.20. The predicted molar refractivity (Wildman–Crippen MR) is 88.0 cm³/mol. The Kier molecular flexibility index (Phi) is 5.60. The van der Waals surface area contributed by atoms with Crippen molar-refractivity contribution < 1.29 is 19.1 Å². The van der Waals surface area contributed by atoms with Crippen LogP contribution in [-0.4, -0.2) is 25.1 Å². The summed E-state index contributed by atoms with van der Waals surface area (Å²) in [5, 5.41) is 3.18. The Labute approximate surface area is 139 Å². The lowest BCUT2D eigenvalue weighted by Crippen LogP contribution is -2.30. The van der Waals surface area contributed by atoms with E-state index in [1.165, 1.54) is 7.11 Å². The fourth-order valence-corrected chi connectivity index (χ4v) is 2.09. The van der Waals surface area contributed by atoms with Crippen LogP contribution in [0.25, 0.3) is 0 Å². The molecule has 1 amide bonds. The molecule has 0 spiro atoms. The molecule has 2 aromatic carbocycles. The number of methoxy groups -OCH3 is 1. The predicted octanol–water partition coefficient (Wildman–Crippen LogP) is 3.53. The molecule has 0 saturated carbocycles. The van der Waals surface area contributed by atoms with Gasteiger partial charge in [-0.3, -0.25) is 4.79 Å². The zero-order chi connectivity index (χ0) is 16.8. The molecular weight excluding hydrogens is 318 g/mol. The van der Waals surface area contributed by atoms with Crippen molar-refractivity contribution in [3.8, 4) is 5.75 Å². The fraction of sp³-hybridized carbons (Fsp3) is 0.176. The second-order valence-corrected chi connectivity index (χ2v) is 5.18. The Hall–Kier alpha value is -2.53. The summed E-state index contributed by atoms with van der Waals surface area (Å²) in [5.74, 6) is -0.424. The monoisotopic (exact) mass is 333 g/mol. The summed E-state index contributed by atoms with van der Waals surface area (Å²) in [6.07, 6.45) is -0.765. The lowest BCUT2D eigenvalue weighted by Gasteiger charge is -2.16. The van der Waals surface area contributed by atoms with Crippen molar-refractivity contribution >= 4 is 29.2 Å². The minimum Gasteiger partial charge on any atom is -0.481 e. The second kappa shape index (κ2) is 7.65. The molecule has 0 unspecified atom stereocenters. The fourth-order valence-electron chi connectivity index (χ4n) is 1.91. The van der Waals surface area contributed by atoms with E-state index in [4.69, 9.17) is 21.1 Å². The van der Waals surface area contributed by atoms with E-state index in [1.54, 1.807) is 55.5 Å². The van der Waals surface area contributed by atoms with Crippen molar-refractivity contribution in [2.24, 2.45) is 0 Å². The summed E-state index contributed by atoms with van der Waals surface area (Å²) >= 11 is 5.88. The van der Waals surface area contributed by atoms with Crippen molar-refractivity contribution in [1.29, 1.82) is 0 Å². The highest BCUT2D eigenvalue weighted by Gasteiger charge is 2.18. The number of rotatable bonds is 5. The van der Waals surface area contributed by atoms with E-state index in [-0.39, 0.29) is 11.5 Å². The van der Waals surface area contributed by atoms with E-state index in [9.17, 15) is 9.59 Å². The van der Waals surface area contributed by atoms with E-state index < -0.39 is 12.1 Å². The van der Waals surface area contributed by atoms with Gasteiger partial charge in [0.15, 0.2) is 6.10 Å². The van der Waals surface area contributed by atoms with Gasteiger partial charge in [0.1, 0.15) is 5.75 Å². The second-order valence-electron chi connectivity index (χ2n) is 4.74. The highest BCUT2D eigenvalue weighted by molar-refractivity contribution is 6.30. The van der Waals surface area contributed by atoms with Crippen LogP contribution in [0.15, 0.2) is 48.5 Å². The molecule has 0 aromatic heterocycles. The Bertz CT molecular complexity index is 717. The number of benzene rings is 2. The normalized spacial score (nSPS) is 11.4. The number of amides is 1. The van der Waals surface area contributed by atoms with E-state index in [1.807, 2.05) is 0 Å². The van der Waals surface area contributed by atoms with Gasteiger partial charge in [-0.25, -0.2) is 4.79 Å². The zero-order valence-electron chi connectivity index (χ0n) is 12.7. The molecule has 0 aliphatic rings. The number of para-hydroxylation sites is 1. The van der Waals surface area contributed by atoms with Gasteiger partial charge in [0.2, 0.25) is 0 Å². The summed E-state index contributed by atoms with van der Waals surface area (Å²) in [6, 6.07) is 13.4. The average Bonchev–Trinajstić information content (AvgIpc) is 2.54. The number of carbonyl (C=O) groups is 2. The molecule has 0 fully saturated rings. The van der Waals surface area contributed by atoms with E-state index in [2.05, 4.69) is 5.32 Å². The number of ether oxygens (including phenoxy) is 2. The van der Waals surface area contributed by atoms with Crippen LogP contribution in [0.1, 0.15) is 17.3 Å². The maximum absolute atomic E-state index is 12.2. The summed E-state index contributed by atoms with van der Waals surface area (Å²) < 4.78 is 10.2. The van der Waals surface area contributed by atoms with Gasteiger partial charge in [-0.15, -0.1) is 0 Å². The third kappa shape index (κ3) is 4.47. The molecule has 6 heteroatoms. The zero-order valence-corrected chi connectivity index (χ0v) is 13.5. The van der Waals surface area contributed by atoms with Crippen LogP contribution in [0.2, 0.25) is 5.02 Å². The number of carbonyl (C=O) groups excluding carboxylic acids is 2. The quantitative estimate of drug-likeness (QED) is 0.850. The highest BCUT2D eigenvalue weighted by atomic mass is 35.5. The number of hydrogen-bond acceptors (Lipinski definition) is 4. The smallest absolute Gasteiger partial charge is 0.339 e. The lowest BCUT2D eigenvalue weighted by atomic mass is 10.1. The molecule has 5 nitrogen and oxygen atoms in total. The summed E-state index contributed by atoms with van der Waals surface area (Å²) in [5.41, 5.74) is 0.643. The molecule has 0 aliphatic heterocycles. The minimum absolute atomic E-state index is 0.276. The maximum atomic E-state index is 12.2. The Balaban J connectivity index is 2.08. The van der Waals surface area contributed by atoms with Crippen LogP contribution in [0.4, 0.5) is 5.69 Å². The first kappa shape index (κ1) is 16.8. The Morgan fingerprint density at radius 2 is 1.87 bits per heavy atom. The molecular formula is C17H16ClNO4. The van der Waals surface area contributed by atoms with Crippen LogP contribution < -0.4 is 10.1 Å². The molecule has 120 valence electrons. The molecule has 0 aliphatic carbocycles. The van der Waals surface area contributed by atoms with Crippen molar-refractivity contribution in [1.82, 2.24) is 0 Å². The van der Waals surface area contributed by atoms with E-state index in [0.29, 0.717) is 16.5 Å². The lowest BCUT2D eigenvalue weighted by molar-refractivity contribution is -0.122. The summed E-state index contributed by atoms with van der Waals surface area (Å²) in [7, 11) is 1.28. The van der Waals surface area contributed by atoms with E-state index >= 15 is 0 Å². The molecule has 2 aromatic rings. The van der Waals surface area contributed by atoms with Crippen LogP contribution in [0.5, 0.6) is 5.75 Å². The average molecular weight is 334 g/mol.